The number of hydrogen-bond donors (Lipinski definition) is 0. The lowest BCUT2D eigenvalue weighted by molar-refractivity contribution is 1.15. The average Bonchev–Trinajstić information content (AvgIpc) is 2.16. The maximum Gasteiger partial charge on any atom is 0.164 e. The van der Waals surface area contributed by atoms with E-state index in [4.69, 9.17) is 23.2 Å². The van der Waals surface area contributed by atoms with Gasteiger partial charge in [0.25, 0.3) is 0 Å². The minimum Gasteiger partial charge on any atom is -0.264 e. The Hall–Kier alpha value is -1.19. The fourth-order valence-electron chi connectivity index (χ4n) is 1.21. The molecule has 0 N–H and O–H groups in total. The molecule has 3 nitrogen and oxygen atoms in total. The highest BCUT2D eigenvalue weighted by Crippen LogP contribution is 2.22. The smallest absolute Gasteiger partial charge is 0.164 e. The molecule has 2 heterocycles. The van der Waals surface area contributed by atoms with Gasteiger partial charge in [-0.1, -0.05) is 23.2 Å². The predicted molar refractivity (Wildman–Crippen MR) is 60.0 cm³/mol. The molecule has 0 saturated heterocycles. The first-order chi connectivity index (χ1) is 7.16. The lowest BCUT2D eigenvalue weighted by atomic mass is 10.1. The summed E-state index contributed by atoms with van der Waals surface area (Å²) >= 11 is 11.6. The molecular weight excluding hydrogens is 233 g/mol. The number of nitrogens with zero attached hydrogens (tertiary/aromatic N) is 3. The van der Waals surface area contributed by atoms with Gasteiger partial charge in [0.05, 0.1) is 0 Å². The van der Waals surface area contributed by atoms with Crippen LogP contribution < -0.4 is 0 Å². The number of pyridine rings is 1. The van der Waals surface area contributed by atoms with Crippen LogP contribution in [-0.4, -0.2) is 15.0 Å². The zero-order chi connectivity index (χ0) is 10.8. The van der Waals surface area contributed by atoms with Crippen LogP contribution in [0.15, 0.2) is 24.5 Å². The molecule has 2 rings (SSSR count). The van der Waals surface area contributed by atoms with Crippen molar-refractivity contribution in [1.29, 1.82) is 0 Å². The fourth-order valence-corrected chi connectivity index (χ4v) is 1.63. The second-order valence-electron chi connectivity index (χ2n) is 3.03. The first-order valence-electron chi connectivity index (χ1n) is 4.28. The fraction of sp³-hybridized carbons (Fsp3) is 0.100. The van der Waals surface area contributed by atoms with E-state index >= 15 is 0 Å². The summed E-state index contributed by atoms with van der Waals surface area (Å²) in [5, 5.41) is 0.654. The van der Waals surface area contributed by atoms with Gasteiger partial charge < -0.3 is 0 Å². The third kappa shape index (κ3) is 2.25. The summed E-state index contributed by atoms with van der Waals surface area (Å²) in [5.41, 5.74) is 1.87. The van der Waals surface area contributed by atoms with Crippen LogP contribution in [0.4, 0.5) is 0 Å². The normalized spacial score (nSPS) is 10.3. The molecule has 0 aliphatic carbocycles. The van der Waals surface area contributed by atoms with Gasteiger partial charge >= 0.3 is 0 Å². The molecule has 0 saturated carbocycles. The maximum absolute atomic E-state index is 5.80. The second kappa shape index (κ2) is 4.13. The summed E-state index contributed by atoms with van der Waals surface area (Å²) in [6, 6.07) is 3.38. The van der Waals surface area contributed by atoms with Crippen molar-refractivity contribution in [1.82, 2.24) is 15.0 Å². The Morgan fingerprint density at radius 2 is 1.80 bits per heavy atom. The van der Waals surface area contributed by atoms with Gasteiger partial charge in [0.1, 0.15) is 10.3 Å². The summed E-state index contributed by atoms with van der Waals surface area (Å²) in [6.45, 7) is 1.95. The third-order valence-corrected chi connectivity index (χ3v) is 2.33. The first kappa shape index (κ1) is 10.3. The Balaban J connectivity index is 2.59. The van der Waals surface area contributed by atoms with E-state index in [1.54, 1.807) is 12.4 Å². The van der Waals surface area contributed by atoms with E-state index in [0.717, 1.165) is 11.1 Å². The van der Waals surface area contributed by atoms with Gasteiger partial charge in [-0.05, 0) is 18.6 Å². The Kier molecular flexibility index (Phi) is 2.84. The molecule has 15 heavy (non-hydrogen) atoms. The van der Waals surface area contributed by atoms with Crippen molar-refractivity contribution >= 4 is 23.2 Å². The van der Waals surface area contributed by atoms with Crippen LogP contribution in [-0.2, 0) is 0 Å². The van der Waals surface area contributed by atoms with Gasteiger partial charge in [-0.15, -0.1) is 0 Å². The molecule has 0 spiro atoms. The SMILES string of the molecule is Cc1ccncc1-c1nc(Cl)cc(Cl)n1. The minimum absolute atomic E-state index is 0.327. The quantitative estimate of drug-likeness (QED) is 0.718. The molecule has 0 unspecified atom stereocenters. The van der Waals surface area contributed by atoms with Crippen molar-refractivity contribution in [3.8, 4) is 11.4 Å². The molecule has 2 aromatic rings. The van der Waals surface area contributed by atoms with Gasteiger partial charge in [-0.2, -0.15) is 0 Å². The molecule has 0 aromatic carbocycles. The van der Waals surface area contributed by atoms with Crippen LogP contribution in [0.3, 0.4) is 0 Å². The molecule has 0 atom stereocenters. The molecule has 0 bridgehead atoms. The van der Waals surface area contributed by atoms with Gasteiger partial charge in [-0.3, -0.25) is 4.98 Å². The van der Waals surface area contributed by atoms with Crippen LogP contribution in [0.5, 0.6) is 0 Å². The Morgan fingerprint density at radius 3 is 2.40 bits per heavy atom. The number of halogens is 2. The van der Waals surface area contributed by atoms with Gasteiger partial charge in [0, 0.05) is 24.0 Å². The van der Waals surface area contributed by atoms with Crippen molar-refractivity contribution in [3.05, 3.63) is 40.4 Å². The largest absolute Gasteiger partial charge is 0.264 e. The Labute approximate surface area is 97.1 Å². The Morgan fingerprint density at radius 1 is 1.13 bits per heavy atom. The van der Waals surface area contributed by atoms with E-state index in [1.807, 2.05) is 13.0 Å². The summed E-state index contributed by atoms with van der Waals surface area (Å²) in [7, 11) is 0. The average molecular weight is 240 g/mol. The van der Waals surface area contributed by atoms with E-state index in [9.17, 15) is 0 Å². The monoisotopic (exact) mass is 239 g/mol. The highest BCUT2D eigenvalue weighted by Gasteiger charge is 2.07. The van der Waals surface area contributed by atoms with Crippen LogP contribution in [0.2, 0.25) is 10.3 Å². The maximum atomic E-state index is 5.80. The van der Waals surface area contributed by atoms with E-state index < -0.39 is 0 Å². The standard InChI is InChI=1S/C10H7Cl2N3/c1-6-2-3-13-5-7(6)10-14-8(11)4-9(12)15-10/h2-5H,1H3. The van der Waals surface area contributed by atoms with Crippen LogP contribution in [0.1, 0.15) is 5.56 Å². The van der Waals surface area contributed by atoms with Crippen LogP contribution >= 0.6 is 23.2 Å². The number of rotatable bonds is 1. The van der Waals surface area contributed by atoms with Crippen molar-refractivity contribution in [2.45, 2.75) is 6.92 Å². The van der Waals surface area contributed by atoms with E-state index in [0.29, 0.717) is 16.1 Å². The lowest BCUT2D eigenvalue weighted by Crippen LogP contribution is -1.93. The van der Waals surface area contributed by atoms with E-state index in [-0.39, 0.29) is 0 Å². The molecule has 76 valence electrons. The van der Waals surface area contributed by atoms with Gasteiger partial charge in [0.15, 0.2) is 5.82 Å². The van der Waals surface area contributed by atoms with Crippen molar-refractivity contribution in [2.75, 3.05) is 0 Å². The molecule has 0 aliphatic rings. The van der Waals surface area contributed by atoms with Crippen molar-refractivity contribution < 1.29 is 0 Å². The number of hydrogen-bond acceptors (Lipinski definition) is 3. The summed E-state index contributed by atoms with van der Waals surface area (Å²) in [4.78, 5) is 12.2. The first-order valence-corrected chi connectivity index (χ1v) is 5.03. The number of aromatic nitrogens is 3. The molecule has 0 fully saturated rings. The molecule has 0 amide bonds. The van der Waals surface area contributed by atoms with E-state index in [1.165, 1.54) is 6.07 Å². The van der Waals surface area contributed by atoms with Crippen LogP contribution in [0, 0.1) is 6.92 Å². The summed E-state index contributed by atoms with van der Waals surface area (Å²) < 4.78 is 0. The molecule has 2 aromatic heterocycles. The predicted octanol–water partition coefficient (Wildman–Crippen LogP) is 3.15. The highest BCUT2D eigenvalue weighted by molar-refractivity contribution is 6.33. The Bertz CT molecular complexity index is 480. The van der Waals surface area contributed by atoms with Crippen LogP contribution in [0.25, 0.3) is 11.4 Å². The second-order valence-corrected chi connectivity index (χ2v) is 3.80. The van der Waals surface area contributed by atoms with E-state index in [2.05, 4.69) is 15.0 Å². The third-order valence-electron chi connectivity index (χ3n) is 1.94. The topological polar surface area (TPSA) is 38.7 Å². The van der Waals surface area contributed by atoms with Crippen molar-refractivity contribution in [2.24, 2.45) is 0 Å². The highest BCUT2D eigenvalue weighted by atomic mass is 35.5. The van der Waals surface area contributed by atoms with Gasteiger partial charge in [-0.25, -0.2) is 9.97 Å². The minimum atomic E-state index is 0.327. The molecule has 5 heteroatoms. The van der Waals surface area contributed by atoms with Gasteiger partial charge in [0.2, 0.25) is 0 Å². The number of aryl methyl sites for hydroxylation is 1. The molecule has 0 radical (unpaired) electrons. The van der Waals surface area contributed by atoms with Crippen molar-refractivity contribution in [3.63, 3.8) is 0 Å². The lowest BCUT2D eigenvalue weighted by Gasteiger charge is -2.03. The summed E-state index contributed by atoms with van der Waals surface area (Å²) in [5.74, 6) is 0.498. The summed E-state index contributed by atoms with van der Waals surface area (Å²) in [6.07, 6.45) is 3.41. The molecular formula is C10H7Cl2N3. The zero-order valence-electron chi connectivity index (χ0n) is 7.91. The molecule has 0 aliphatic heterocycles. The zero-order valence-corrected chi connectivity index (χ0v) is 9.42.